The third-order valence-corrected chi connectivity index (χ3v) is 6.40. The number of hydrogen-bond donors (Lipinski definition) is 9. The SMILES string of the molecule is CC(O)C(NC(=O)C(Cc1c[nH]c2ccccc12)NC(=O)C(CCC(N)=O)NC(=O)C(N)CCCCN)C(=O)O. The van der Waals surface area contributed by atoms with Gasteiger partial charge in [0.25, 0.3) is 0 Å². The summed E-state index contributed by atoms with van der Waals surface area (Å²) in [5.74, 6) is -4.46. The van der Waals surface area contributed by atoms with Crippen molar-refractivity contribution in [3.05, 3.63) is 36.0 Å². The zero-order chi connectivity index (χ0) is 29.8. The molecule has 0 saturated carbocycles. The van der Waals surface area contributed by atoms with Crippen molar-refractivity contribution in [3.8, 4) is 0 Å². The Hall–Kier alpha value is -4.01. The molecular formula is C26H39N7O7. The minimum absolute atomic E-state index is 0.0528. The molecule has 14 heteroatoms. The maximum atomic E-state index is 13.3. The molecule has 220 valence electrons. The van der Waals surface area contributed by atoms with E-state index in [1.807, 2.05) is 18.2 Å². The van der Waals surface area contributed by atoms with E-state index in [0.717, 1.165) is 10.9 Å². The molecule has 40 heavy (non-hydrogen) atoms. The maximum absolute atomic E-state index is 13.3. The quantitative estimate of drug-likeness (QED) is 0.100. The van der Waals surface area contributed by atoms with Gasteiger partial charge in [-0.25, -0.2) is 4.79 Å². The maximum Gasteiger partial charge on any atom is 0.328 e. The molecular weight excluding hydrogens is 522 g/mol. The highest BCUT2D eigenvalue weighted by atomic mass is 16.4. The van der Waals surface area contributed by atoms with E-state index in [0.29, 0.717) is 31.4 Å². The number of fused-ring (bicyclic) bond motifs is 1. The van der Waals surface area contributed by atoms with Gasteiger partial charge in [-0.2, -0.15) is 0 Å². The molecule has 1 aromatic heterocycles. The van der Waals surface area contributed by atoms with Gasteiger partial charge < -0.3 is 48.3 Å². The number of carboxylic acids is 1. The van der Waals surface area contributed by atoms with Gasteiger partial charge in [0.2, 0.25) is 23.6 Å². The molecule has 0 aliphatic carbocycles. The monoisotopic (exact) mass is 561 g/mol. The van der Waals surface area contributed by atoms with Crippen molar-refractivity contribution >= 4 is 40.5 Å². The third kappa shape index (κ3) is 9.63. The number of H-pyrrole nitrogens is 1. The topological polar surface area (TPSA) is 256 Å². The number of aliphatic carboxylic acids is 1. The lowest BCUT2D eigenvalue weighted by molar-refractivity contribution is -0.145. The van der Waals surface area contributed by atoms with E-state index < -0.39 is 59.9 Å². The molecule has 4 amide bonds. The van der Waals surface area contributed by atoms with Crippen molar-refractivity contribution < 1.29 is 34.2 Å². The van der Waals surface area contributed by atoms with Crippen LogP contribution in [0.3, 0.4) is 0 Å². The van der Waals surface area contributed by atoms with Crippen LogP contribution >= 0.6 is 0 Å². The molecule has 1 heterocycles. The normalized spacial score (nSPS) is 14.9. The summed E-state index contributed by atoms with van der Waals surface area (Å²) in [4.78, 5) is 65.3. The summed E-state index contributed by atoms with van der Waals surface area (Å²) in [7, 11) is 0. The van der Waals surface area contributed by atoms with E-state index in [-0.39, 0.29) is 19.3 Å². The summed E-state index contributed by atoms with van der Waals surface area (Å²) in [6, 6.07) is 2.14. The Morgan fingerprint density at radius 1 is 0.950 bits per heavy atom. The molecule has 2 aromatic rings. The van der Waals surface area contributed by atoms with Crippen LogP contribution in [0.15, 0.2) is 30.5 Å². The van der Waals surface area contributed by atoms with Crippen molar-refractivity contribution in [2.24, 2.45) is 17.2 Å². The van der Waals surface area contributed by atoms with Gasteiger partial charge >= 0.3 is 5.97 Å². The summed E-state index contributed by atoms with van der Waals surface area (Å²) in [6.07, 6.45) is 1.39. The number of aliphatic hydroxyl groups excluding tert-OH is 1. The van der Waals surface area contributed by atoms with E-state index in [1.54, 1.807) is 12.3 Å². The van der Waals surface area contributed by atoms with E-state index in [1.165, 1.54) is 6.92 Å². The number of para-hydroxylation sites is 1. The Labute approximate surface area is 231 Å². The van der Waals surface area contributed by atoms with E-state index in [4.69, 9.17) is 17.2 Å². The number of carbonyl (C=O) groups excluding carboxylic acids is 4. The zero-order valence-electron chi connectivity index (χ0n) is 22.4. The fraction of sp³-hybridized carbons (Fsp3) is 0.500. The number of aromatic amines is 1. The van der Waals surface area contributed by atoms with Crippen molar-refractivity contribution in [1.29, 1.82) is 0 Å². The lowest BCUT2D eigenvalue weighted by atomic mass is 10.0. The fourth-order valence-electron chi connectivity index (χ4n) is 4.12. The molecule has 0 bridgehead atoms. The second kappa shape index (κ2) is 15.5. The molecule has 0 aliphatic heterocycles. The number of carbonyl (C=O) groups is 5. The van der Waals surface area contributed by atoms with Crippen molar-refractivity contribution in [2.45, 2.75) is 75.7 Å². The van der Waals surface area contributed by atoms with Crippen LogP contribution in [0.5, 0.6) is 0 Å². The average Bonchev–Trinajstić information content (AvgIpc) is 3.31. The molecule has 5 atom stereocenters. The number of carboxylic acid groups (broad SMARTS) is 1. The molecule has 0 fully saturated rings. The zero-order valence-corrected chi connectivity index (χ0v) is 22.4. The summed E-state index contributed by atoms with van der Waals surface area (Å²) in [5, 5.41) is 27.4. The second-order valence-corrected chi connectivity index (χ2v) is 9.65. The number of nitrogens with one attached hydrogen (secondary N) is 4. The second-order valence-electron chi connectivity index (χ2n) is 9.65. The Morgan fingerprint density at radius 3 is 2.23 bits per heavy atom. The van der Waals surface area contributed by atoms with Gasteiger partial charge in [-0.15, -0.1) is 0 Å². The summed E-state index contributed by atoms with van der Waals surface area (Å²) in [5.41, 5.74) is 18.1. The number of hydrogen-bond acceptors (Lipinski definition) is 8. The van der Waals surface area contributed by atoms with Crippen LogP contribution in [0.4, 0.5) is 0 Å². The van der Waals surface area contributed by atoms with Crippen LogP contribution in [0.1, 0.15) is 44.6 Å². The lowest BCUT2D eigenvalue weighted by Crippen LogP contribution is -2.58. The summed E-state index contributed by atoms with van der Waals surface area (Å²) in [6.45, 7) is 1.65. The van der Waals surface area contributed by atoms with Gasteiger partial charge in [0.1, 0.15) is 12.1 Å². The Bertz CT molecular complexity index is 1180. The van der Waals surface area contributed by atoms with Crippen LogP contribution in [0, 0.1) is 0 Å². The predicted molar refractivity (Wildman–Crippen MR) is 146 cm³/mol. The van der Waals surface area contributed by atoms with Crippen LogP contribution < -0.4 is 33.2 Å². The first-order valence-electron chi connectivity index (χ1n) is 13.1. The summed E-state index contributed by atoms with van der Waals surface area (Å²) >= 11 is 0. The standard InChI is InChI=1S/C26H39N7O7/c1-14(34)22(26(39)40)33-25(38)20(12-15-13-30-18-8-3-2-6-16(15)18)32-24(37)19(9-10-21(29)35)31-23(36)17(28)7-4-5-11-27/h2-3,6,8,13-14,17,19-20,22,30,34H,4-5,7,9-12,27-28H2,1H3,(H2,29,35)(H,31,36)(H,32,37)(H,33,38)(H,39,40). The lowest BCUT2D eigenvalue weighted by Gasteiger charge is -2.25. The molecule has 0 aliphatic rings. The molecule has 5 unspecified atom stereocenters. The molecule has 1 aromatic carbocycles. The smallest absolute Gasteiger partial charge is 0.328 e. The van der Waals surface area contributed by atoms with Gasteiger partial charge in [0.15, 0.2) is 6.04 Å². The number of aromatic nitrogens is 1. The van der Waals surface area contributed by atoms with Gasteiger partial charge in [-0.3, -0.25) is 19.2 Å². The minimum atomic E-state index is -1.63. The fourth-order valence-corrected chi connectivity index (χ4v) is 4.12. The van der Waals surface area contributed by atoms with E-state index >= 15 is 0 Å². The molecule has 0 spiro atoms. The van der Waals surface area contributed by atoms with Gasteiger partial charge in [0, 0.05) is 29.9 Å². The Kier molecular flexibility index (Phi) is 12.5. The van der Waals surface area contributed by atoms with Crippen LogP contribution in [0.2, 0.25) is 0 Å². The minimum Gasteiger partial charge on any atom is -0.480 e. The van der Waals surface area contributed by atoms with Crippen LogP contribution in [-0.4, -0.2) is 81.6 Å². The largest absolute Gasteiger partial charge is 0.480 e. The van der Waals surface area contributed by atoms with Gasteiger partial charge in [0.05, 0.1) is 12.1 Å². The van der Waals surface area contributed by atoms with Crippen molar-refractivity contribution in [2.75, 3.05) is 6.54 Å². The highest BCUT2D eigenvalue weighted by molar-refractivity contribution is 5.95. The van der Waals surface area contributed by atoms with Crippen LogP contribution in [-0.2, 0) is 30.4 Å². The highest BCUT2D eigenvalue weighted by Gasteiger charge is 2.32. The van der Waals surface area contributed by atoms with Gasteiger partial charge in [-0.1, -0.05) is 24.6 Å². The average molecular weight is 562 g/mol. The van der Waals surface area contributed by atoms with Crippen molar-refractivity contribution in [1.82, 2.24) is 20.9 Å². The number of benzene rings is 1. The molecule has 12 N–H and O–H groups in total. The molecule has 2 rings (SSSR count). The third-order valence-electron chi connectivity index (χ3n) is 6.40. The summed E-state index contributed by atoms with van der Waals surface area (Å²) < 4.78 is 0. The number of aliphatic hydroxyl groups is 1. The number of nitrogens with two attached hydrogens (primary N) is 3. The van der Waals surface area contributed by atoms with E-state index in [2.05, 4.69) is 20.9 Å². The van der Waals surface area contributed by atoms with Crippen molar-refractivity contribution in [3.63, 3.8) is 0 Å². The molecule has 0 radical (unpaired) electrons. The Morgan fingerprint density at radius 2 is 1.60 bits per heavy atom. The van der Waals surface area contributed by atoms with E-state index in [9.17, 15) is 34.2 Å². The number of rotatable bonds is 17. The first-order chi connectivity index (χ1) is 18.9. The van der Waals surface area contributed by atoms with Crippen LogP contribution in [0.25, 0.3) is 10.9 Å². The molecule has 0 saturated heterocycles. The number of primary amides is 1. The predicted octanol–water partition coefficient (Wildman–Crippen LogP) is -1.65. The highest BCUT2D eigenvalue weighted by Crippen LogP contribution is 2.19. The first-order valence-corrected chi connectivity index (χ1v) is 13.1. The first kappa shape index (κ1) is 32.2. The number of amides is 4. The Balaban J connectivity index is 2.30. The molecule has 14 nitrogen and oxygen atoms in total. The van der Waals surface area contributed by atoms with Gasteiger partial charge in [-0.05, 0) is 44.4 Å². The number of unbranched alkanes of at least 4 members (excludes halogenated alkanes) is 1.